The second kappa shape index (κ2) is 6.48. The van der Waals surface area contributed by atoms with E-state index in [1.54, 1.807) is 0 Å². The van der Waals surface area contributed by atoms with Gasteiger partial charge in [-0.1, -0.05) is 18.2 Å². The van der Waals surface area contributed by atoms with E-state index in [1.165, 1.54) is 46.4 Å². The van der Waals surface area contributed by atoms with Gasteiger partial charge >= 0.3 is 0 Å². The van der Waals surface area contributed by atoms with Crippen LogP contribution in [-0.2, 0) is 6.54 Å². The third kappa shape index (κ3) is 3.45. The monoisotopic (exact) mass is 378 g/mol. The smallest absolute Gasteiger partial charge is 0.0400 e. The SMILES string of the molecule is Ic1cccc(NCc2ccc(N3CCCC3)cc2)c1. The highest BCUT2D eigenvalue weighted by molar-refractivity contribution is 14.1. The third-order valence-electron chi connectivity index (χ3n) is 3.73. The molecule has 3 rings (SSSR count). The van der Waals surface area contributed by atoms with Crippen molar-refractivity contribution in [2.24, 2.45) is 0 Å². The van der Waals surface area contributed by atoms with Crippen molar-refractivity contribution in [3.05, 3.63) is 57.7 Å². The summed E-state index contributed by atoms with van der Waals surface area (Å²) >= 11 is 2.34. The van der Waals surface area contributed by atoms with Gasteiger partial charge in [0.15, 0.2) is 0 Å². The molecule has 0 atom stereocenters. The minimum Gasteiger partial charge on any atom is -0.381 e. The first-order chi connectivity index (χ1) is 9.81. The molecule has 0 aliphatic carbocycles. The van der Waals surface area contributed by atoms with Crippen LogP contribution in [0, 0.1) is 3.57 Å². The van der Waals surface area contributed by atoms with E-state index < -0.39 is 0 Å². The lowest BCUT2D eigenvalue weighted by Gasteiger charge is -2.17. The largest absolute Gasteiger partial charge is 0.381 e. The van der Waals surface area contributed by atoms with Gasteiger partial charge in [-0.05, 0) is 71.3 Å². The molecule has 1 aliphatic rings. The van der Waals surface area contributed by atoms with E-state index in [9.17, 15) is 0 Å². The Labute approximate surface area is 134 Å². The quantitative estimate of drug-likeness (QED) is 0.788. The average Bonchev–Trinajstić information content (AvgIpc) is 3.00. The van der Waals surface area contributed by atoms with Gasteiger partial charge in [0.25, 0.3) is 0 Å². The Balaban J connectivity index is 1.60. The van der Waals surface area contributed by atoms with Crippen LogP contribution in [0.25, 0.3) is 0 Å². The van der Waals surface area contributed by atoms with E-state index in [1.807, 2.05) is 0 Å². The zero-order chi connectivity index (χ0) is 13.8. The number of nitrogens with zero attached hydrogens (tertiary/aromatic N) is 1. The summed E-state index contributed by atoms with van der Waals surface area (Å²) in [5.74, 6) is 0. The molecule has 1 N–H and O–H groups in total. The standard InChI is InChI=1S/C17H19IN2/c18-15-4-3-5-16(12-15)19-13-14-6-8-17(9-7-14)20-10-1-2-11-20/h3-9,12,19H,1-2,10-11,13H2. The van der Waals surface area contributed by atoms with Crippen LogP contribution in [0.3, 0.4) is 0 Å². The zero-order valence-corrected chi connectivity index (χ0v) is 13.6. The first-order valence-electron chi connectivity index (χ1n) is 7.14. The molecule has 1 aliphatic heterocycles. The molecule has 1 saturated heterocycles. The Hall–Kier alpha value is -1.23. The molecular weight excluding hydrogens is 359 g/mol. The molecule has 0 aromatic heterocycles. The van der Waals surface area contributed by atoms with E-state index >= 15 is 0 Å². The highest BCUT2D eigenvalue weighted by atomic mass is 127. The fourth-order valence-electron chi connectivity index (χ4n) is 2.60. The van der Waals surface area contributed by atoms with Crippen LogP contribution in [0.2, 0.25) is 0 Å². The van der Waals surface area contributed by atoms with Crippen molar-refractivity contribution in [1.29, 1.82) is 0 Å². The molecule has 0 saturated carbocycles. The molecule has 1 heterocycles. The van der Waals surface area contributed by atoms with Crippen LogP contribution in [0.15, 0.2) is 48.5 Å². The van der Waals surface area contributed by atoms with Crippen molar-refractivity contribution in [2.45, 2.75) is 19.4 Å². The fourth-order valence-corrected chi connectivity index (χ4v) is 3.15. The molecule has 2 nitrogen and oxygen atoms in total. The topological polar surface area (TPSA) is 15.3 Å². The lowest BCUT2D eigenvalue weighted by Crippen LogP contribution is -2.17. The maximum Gasteiger partial charge on any atom is 0.0400 e. The third-order valence-corrected chi connectivity index (χ3v) is 4.40. The van der Waals surface area contributed by atoms with Crippen LogP contribution >= 0.6 is 22.6 Å². The molecule has 0 unspecified atom stereocenters. The van der Waals surface area contributed by atoms with Gasteiger partial charge in [-0.2, -0.15) is 0 Å². The average molecular weight is 378 g/mol. The number of hydrogen-bond acceptors (Lipinski definition) is 2. The molecule has 1 fully saturated rings. The molecule has 0 radical (unpaired) electrons. The predicted octanol–water partition coefficient (Wildman–Crippen LogP) is 4.50. The van der Waals surface area contributed by atoms with Gasteiger partial charge < -0.3 is 10.2 Å². The van der Waals surface area contributed by atoms with Crippen molar-refractivity contribution in [3.8, 4) is 0 Å². The van der Waals surface area contributed by atoms with Crippen LogP contribution in [0.4, 0.5) is 11.4 Å². The number of halogens is 1. The molecule has 20 heavy (non-hydrogen) atoms. The zero-order valence-electron chi connectivity index (χ0n) is 11.5. The van der Waals surface area contributed by atoms with E-state index in [0.29, 0.717) is 0 Å². The molecular formula is C17H19IN2. The number of hydrogen-bond donors (Lipinski definition) is 1. The lowest BCUT2D eigenvalue weighted by molar-refractivity contribution is 0.949. The number of anilines is 2. The van der Waals surface area contributed by atoms with Crippen LogP contribution in [-0.4, -0.2) is 13.1 Å². The summed E-state index contributed by atoms with van der Waals surface area (Å²) in [7, 11) is 0. The second-order valence-corrected chi connectivity index (χ2v) is 6.47. The summed E-state index contributed by atoms with van der Waals surface area (Å²) in [5, 5.41) is 3.47. The Bertz CT molecular complexity index is 559. The Morgan fingerprint density at radius 2 is 1.75 bits per heavy atom. The normalized spacial score (nSPS) is 14.6. The minimum atomic E-state index is 0.875. The Morgan fingerprint density at radius 1 is 1.00 bits per heavy atom. The Kier molecular flexibility index (Phi) is 4.45. The lowest BCUT2D eigenvalue weighted by atomic mass is 10.2. The van der Waals surface area contributed by atoms with E-state index in [-0.39, 0.29) is 0 Å². The van der Waals surface area contributed by atoms with E-state index in [2.05, 4.69) is 81.3 Å². The molecule has 0 spiro atoms. The fraction of sp³-hybridized carbons (Fsp3) is 0.294. The van der Waals surface area contributed by atoms with Crippen LogP contribution in [0.1, 0.15) is 18.4 Å². The van der Waals surface area contributed by atoms with Crippen molar-refractivity contribution < 1.29 is 0 Å². The van der Waals surface area contributed by atoms with Gasteiger partial charge in [-0.25, -0.2) is 0 Å². The number of benzene rings is 2. The van der Waals surface area contributed by atoms with Gasteiger partial charge in [-0.3, -0.25) is 0 Å². The van der Waals surface area contributed by atoms with Crippen molar-refractivity contribution in [2.75, 3.05) is 23.3 Å². The molecule has 2 aromatic rings. The van der Waals surface area contributed by atoms with Crippen molar-refractivity contribution in [3.63, 3.8) is 0 Å². The van der Waals surface area contributed by atoms with Gasteiger partial charge in [0.2, 0.25) is 0 Å². The maximum atomic E-state index is 3.47. The van der Waals surface area contributed by atoms with E-state index in [4.69, 9.17) is 0 Å². The molecule has 0 bridgehead atoms. The summed E-state index contributed by atoms with van der Waals surface area (Å²) in [6.45, 7) is 3.29. The summed E-state index contributed by atoms with van der Waals surface area (Å²) in [6.07, 6.45) is 2.66. The molecule has 2 aromatic carbocycles. The highest BCUT2D eigenvalue weighted by Crippen LogP contribution is 2.21. The predicted molar refractivity (Wildman–Crippen MR) is 94.4 cm³/mol. The maximum absolute atomic E-state index is 3.47. The summed E-state index contributed by atoms with van der Waals surface area (Å²) in [6, 6.07) is 17.4. The van der Waals surface area contributed by atoms with Gasteiger partial charge in [-0.15, -0.1) is 0 Å². The summed E-state index contributed by atoms with van der Waals surface area (Å²) < 4.78 is 1.26. The molecule has 0 amide bonds. The number of nitrogens with one attached hydrogen (secondary N) is 1. The summed E-state index contributed by atoms with van der Waals surface area (Å²) in [4.78, 5) is 2.47. The van der Waals surface area contributed by atoms with E-state index in [0.717, 1.165) is 6.54 Å². The summed E-state index contributed by atoms with van der Waals surface area (Å²) in [5.41, 5.74) is 3.87. The Morgan fingerprint density at radius 3 is 2.45 bits per heavy atom. The first-order valence-corrected chi connectivity index (χ1v) is 8.22. The molecule has 3 heteroatoms. The van der Waals surface area contributed by atoms with Gasteiger partial charge in [0, 0.05) is 34.6 Å². The first kappa shape index (κ1) is 13.7. The van der Waals surface area contributed by atoms with Gasteiger partial charge in [0.05, 0.1) is 0 Å². The van der Waals surface area contributed by atoms with Crippen molar-refractivity contribution >= 4 is 34.0 Å². The number of rotatable bonds is 4. The highest BCUT2D eigenvalue weighted by Gasteiger charge is 2.11. The van der Waals surface area contributed by atoms with Crippen LogP contribution in [0.5, 0.6) is 0 Å². The van der Waals surface area contributed by atoms with Crippen molar-refractivity contribution in [1.82, 2.24) is 0 Å². The van der Waals surface area contributed by atoms with Gasteiger partial charge in [0.1, 0.15) is 0 Å². The van der Waals surface area contributed by atoms with Crippen LogP contribution < -0.4 is 10.2 Å². The molecule has 104 valence electrons. The second-order valence-electron chi connectivity index (χ2n) is 5.22. The minimum absolute atomic E-state index is 0.875.